The second kappa shape index (κ2) is 7.29. The molecule has 0 radical (unpaired) electrons. The zero-order valence-electron chi connectivity index (χ0n) is 11.7. The van der Waals surface area contributed by atoms with E-state index in [4.69, 9.17) is 4.74 Å². The highest BCUT2D eigenvalue weighted by Gasteiger charge is 2.29. The van der Waals surface area contributed by atoms with Gasteiger partial charge < -0.3 is 4.74 Å². The Morgan fingerprint density at radius 1 is 1.32 bits per heavy atom. The molecule has 0 N–H and O–H groups in total. The maximum atomic E-state index is 12.0. The molecule has 1 aromatic carbocycles. The van der Waals surface area contributed by atoms with Crippen molar-refractivity contribution in [1.82, 2.24) is 4.90 Å². The minimum Gasteiger partial charge on any atom is -0.465 e. The zero-order chi connectivity index (χ0) is 13.5. The number of hydrogen-bond acceptors (Lipinski definition) is 3. The van der Waals surface area contributed by atoms with Crippen LogP contribution in [0.15, 0.2) is 30.3 Å². The monoisotopic (exact) mass is 261 g/mol. The van der Waals surface area contributed by atoms with Gasteiger partial charge in [-0.2, -0.15) is 0 Å². The SMILES string of the molecule is CCOC(=O)C1CCCCN1CCc1ccccc1. The van der Waals surface area contributed by atoms with Crippen molar-refractivity contribution in [2.75, 3.05) is 19.7 Å². The predicted molar refractivity (Wildman–Crippen MR) is 76.0 cm³/mol. The highest BCUT2D eigenvalue weighted by molar-refractivity contribution is 5.75. The van der Waals surface area contributed by atoms with Crippen LogP contribution in [-0.2, 0) is 16.0 Å². The molecule has 1 saturated heterocycles. The average molecular weight is 261 g/mol. The molecular formula is C16H23NO2. The van der Waals surface area contributed by atoms with Gasteiger partial charge in [0, 0.05) is 6.54 Å². The summed E-state index contributed by atoms with van der Waals surface area (Å²) in [6.45, 7) is 4.29. The Balaban J connectivity index is 1.90. The molecule has 3 nitrogen and oxygen atoms in total. The summed E-state index contributed by atoms with van der Waals surface area (Å²) in [7, 11) is 0. The molecular weight excluding hydrogens is 238 g/mol. The van der Waals surface area contributed by atoms with E-state index in [1.807, 2.05) is 13.0 Å². The van der Waals surface area contributed by atoms with Crippen molar-refractivity contribution in [1.29, 1.82) is 0 Å². The van der Waals surface area contributed by atoms with Gasteiger partial charge in [0.05, 0.1) is 6.61 Å². The van der Waals surface area contributed by atoms with Crippen LogP contribution in [0.2, 0.25) is 0 Å². The Kier molecular flexibility index (Phi) is 5.40. The van der Waals surface area contributed by atoms with Gasteiger partial charge in [0.15, 0.2) is 0 Å². The summed E-state index contributed by atoms with van der Waals surface area (Å²) in [6, 6.07) is 10.4. The van der Waals surface area contributed by atoms with Crippen LogP contribution < -0.4 is 0 Å². The zero-order valence-corrected chi connectivity index (χ0v) is 11.7. The van der Waals surface area contributed by atoms with Gasteiger partial charge in [-0.05, 0) is 38.3 Å². The Morgan fingerprint density at radius 2 is 2.11 bits per heavy atom. The first kappa shape index (κ1) is 14.1. The second-order valence-electron chi connectivity index (χ2n) is 5.04. The molecule has 1 fully saturated rings. The highest BCUT2D eigenvalue weighted by Crippen LogP contribution is 2.18. The van der Waals surface area contributed by atoms with E-state index < -0.39 is 0 Å². The maximum absolute atomic E-state index is 12.0. The van der Waals surface area contributed by atoms with E-state index in [0.717, 1.165) is 32.4 Å². The van der Waals surface area contributed by atoms with E-state index in [2.05, 4.69) is 29.2 Å². The third-order valence-electron chi connectivity index (χ3n) is 3.70. The fraction of sp³-hybridized carbons (Fsp3) is 0.562. The number of rotatable bonds is 5. The van der Waals surface area contributed by atoms with E-state index in [-0.39, 0.29) is 12.0 Å². The van der Waals surface area contributed by atoms with Crippen LogP contribution in [-0.4, -0.2) is 36.6 Å². The maximum Gasteiger partial charge on any atom is 0.323 e. The van der Waals surface area contributed by atoms with Crippen molar-refractivity contribution in [3.05, 3.63) is 35.9 Å². The Bertz CT molecular complexity index is 391. The number of carbonyl (C=O) groups excluding carboxylic acids is 1. The van der Waals surface area contributed by atoms with E-state index in [0.29, 0.717) is 6.61 Å². The van der Waals surface area contributed by atoms with E-state index in [1.165, 1.54) is 12.0 Å². The van der Waals surface area contributed by atoms with Gasteiger partial charge in [0.25, 0.3) is 0 Å². The average Bonchev–Trinajstić information content (AvgIpc) is 2.47. The molecule has 1 atom stereocenters. The number of piperidine rings is 1. The molecule has 1 aliphatic rings. The van der Waals surface area contributed by atoms with Gasteiger partial charge in [-0.15, -0.1) is 0 Å². The number of carbonyl (C=O) groups is 1. The van der Waals surface area contributed by atoms with Gasteiger partial charge in [-0.1, -0.05) is 36.8 Å². The third kappa shape index (κ3) is 4.06. The van der Waals surface area contributed by atoms with Crippen LogP contribution in [0.25, 0.3) is 0 Å². The Labute approximate surface area is 115 Å². The molecule has 1 aliphatic heterocycles. The molecule has 0 spiro atoms. The molecule has 0 aromatic heterocycles. The standard InChI is InChI=1S/C16H23NO2/c1-2-19-16(18)15-10-6-7-12-17(15)13-11-14-8-4-3-5-9-14/h3-5,8-9,15H,2,6-7,10-13H2,1H3. The lowest BCUT2D eigenvalue weighted by Gasteiger charge is -2.33. The summed E-state index contributed by atoms with van der Waals surface area (Å²) < 4.78 is 5.18. The molecule has 19 heavy (non-hydrogen) atoms. The molecule has 3 heteroatoms. The summed E-state index contributed by atoms with van der Waals surface area (Å²) in [4.78, 5) is 14.2. The van der Waals surface area contributed by atoms with Gasteiger partial charge in [-0.25, -0.2) is 0 Å². The number of ether oxygens (including phenoxy) is 1. The lowest BCUT2D eigenvalue weighted by molar-refractivity contribution is -0.150. The molecule has 0 aliphatic carbocycles. The van der Waals surface area contributed by atoms with E-state index >= 15 is 0 Å². The normalized spacial score (nSPS) is 20.2. The molecule has 0 amide bonds. The molecule has 1 unspecified atom stereocenters. The van der Waals surface area contributed by atoms with Crippen LogP contribution in [0.1, 0.15) is 31.7 Å². The van der Waals surface area contributed by atoms with Crippen molar-refractivity contribution >= 4 is 5.97 Å². The molecule has 0 bridgehead atoms. The second-order valence-corrected chi connectivity index (χ2v) is 5.04. The molecule has 104 valence electrons. The van der Waals surface area contributed by atoms with Crippen molar-refractivity contribution in [2.45, 2.75) is 38.6 Å². The molecule has 1 aromatic rings. The number of nitrogens with zero attached hydrogens (tertiary/aromatic N) is 1. The third-order valence-corrected chi connectivity index (χ3v) is 3.70. The lowest BCUT2D eigenvalue weighted by Crippen LogP contribution is -2.46. The summed E-state index contributed by atoms with van der Waals surface area (Å²) in [5, 5.41) is 0. The number of benzene rings is 1. The van der Waals surface area contributed by atoms with Gasteiger partial charge in [0.1, 0.15) is 6.04 Å². The molecule has 1 heterocycles. The minimum absolute atomic E-state index is 0.0302. The van der Waals surface area contributed by atoms with Gasteiger partial charge >= 0.3 is 5.97 Å². The van der Waals surface area contributed by atoms with Crippen molar-refractivity contribution in [3.8, 4) is 0 Å². The molecule has 2 rings (SSSR count). The summed E-state index contributed by atoms with van der Waals surface area (Å²) in [5.74, 6) is -0.0461. The first-order chi connectivity index (χ1) is 9.31. The first-order valence-electron chi connectivity index (χ1n) is 7.26. The smallest absolute Gasteiger partial charge is 0.323 e. The van der Waals surface area contributed by atoms with Gasteiger partial charge in [0.2, 0.25) is 0 Å². The van der Waals surface area contributed by atoms with Crippen LogP contribution in [0.5, 0.6) is 0 Å². The highest BCUT2D eigenvalue weighted by atomic mass is 16.5. The van der Waals surface area contributed by atoms with E-state index in [9.17, 15) is 4.79 Å². The number of esters is 1. The fourth-order valence-corrected chi connectivity index (χ4v) is 2.68. The van der Waals surface area contributed by atoms with Crippen LogP contribution >= 0.6 is 0 Å². The summed E-state index contributed by atoms with van der Waals surface area (Å²) in [6.07, 6.45) is 4.25. The number of likely N-dealkylation sites (tertiary alicyclic amines) is 1. The topological polar surface area (TPSA) is 29.5 Å². The minimum atomic E-state index is -0.0461. The fourth-order valence-electron chi connectivity index (χ4n) is 2.68. The van der Waals surface area contributed by atoms with Crippen molar-refractivity contribution in [3.63, 3.8) is 0 Å². The Morgan fingerprint density at radius 3 is 2.84 bits per heavy atom. The van der Waals surface area contributed by atoms with Crippen molar-refractivity contribution in [2.24, 2.45) is 0 Å². The van der Waals surface area contributed by atoms with Crippen LogP contribution in [0.4, 0.5) is 0 Å². The van der Waals surface area contributed by atoms with Crippen LogP contribution in [0.3, 0.4) is 0 Å². The summed E-state index contributed by atoms with van der Waals surface area (Å²) in [5.41, 5.74) is 1.33. The Hall–Kier alpha value is -1.35. The quantitative estimate of drug-likeness (QED) is 0.763. The first-order valence-corrected chi connectivity index (χ1v) is 7.26. The van der Waals surface area contributed by atoms with Crippen LogP contribution in [0, 0.1) is 0 Å². The molecule has 0 saturated carbocycles. The lowest BCUT2D eigenvalue weighted by atomic mass is 10.0. The number of hydrogen-bond donors (Lipinski definition) is 0. The summed E-state index contributed by atoms with van der Waals surface area (Å²) >= 11 is 0. The van der Waals surface area contributed by atoms with Crippen molar-refractivity contribution < 1.29 is 9.53 Å². The van der Waals surface area contributed by atoms with Gasteiger partial charge in [-0.3, -0.25) is 9.69 Å². The predicted octanol–water partition coefficient (Wildman–Crippen LogP) is 2.65. The largest absolute Gasteiger partial charge is 0.465 e. The van der Waals surface area contributed by atoms with E-state index in [1.54, 1.807) is 0 Å².